The molecule has 1 unspecified atom stereocenters. The number of carbonyl (C=O) groups is 1. The van der Waals surface area contributed by atoms with E-state index in [1.807, 2.05) is 6.92 Å². The van der Waals surface area contributed by atoms with Crippen molar-refractivity contribution in [2.24, 2.45) is 11.3 Å². The van der Waals surface area contributed by atoms with E-state index in [4.69, 9.17) is 4.43 Å². The fourth-order valence-corrected chi connectivity index (χ4v) is 1.35. The van der Waals surface area contributed by atoms with Crippen LogP contribution in [0, 0.1) is 11.3 Å². The SMILES string of the molecule is CC(C(=O)CO[SiH](C)C)C(C)(C)C. The van der Waals surface area contributed by atoms with E-state index in [9.17, 15) is 4.79 Å². The van der Waals surface area contributed by atoms with Crippen LogP contribution in [0.15, 0.2) is 0 Å². The van der Waals surface area contributed by atoms with Crippen molar-refractivity contribution in [1.82, 2.24) is 0 Å². The first-order chi connectivity index (χ1) is 5.75. The molecule has 78 valence electrons. The molecule has 0 bridgehead atoms. The summed E-state index contributed by atoms with van der Waals surface area (Å²) in [6.07, 6.45) is 0. The minimum Gasteiger partial charge on any atom is -0.413 e. The molecule has 0 radical (unpaired) electrons. The highest BCUT2D eigenvalue weighted by atomic mass is 28.3. The molecule has 0 aromatic heterocycles. The third-order valence-corrected chi connectivity index (χ3v) is 3.17. The van der Waals surface area contributed by atoms with Crippen molar-refractivity contribution in [3.05, 3.63) is 0 Å². The Hall–Kier alpha value is -0.153. The fraction of sp³-hybridized carbons (Fsp3) is 0.900. The van der Waals surface area contributed by atoms with E-state index in [1.165, 1.54) is 0 Å². The van der Waals surface area contributed by atoms with Crippen LogP contribution < -0.4 is 0 Å². The molecule has 0 amide bonds. The van der Waals surface area contributed by atoms with Crippen LogP contribution in [-0.2, 0) is 9.22 Å². The van der Waals surface area contributed by atoms with Gasteiger partial charge in [-0.15, -0.1) is 0 Å². The van der Waals surface area contributed by atoms with Gasteiger partial charge in [0, 0.05) is 5.92 Å². The first-order valence-electron chi connectivity index (χ1n) is 4.89. The van der Waals surface area contributed by atoms with Gasteiger partial charge in [0.05, 0.1) is 6.61 Å². The maximum Gasteiger partial charge on any atom is 0.171 e. The lowest BCUT2D eigenvalue weighted by molar-refractivity contribution is -0.127. The molecule has 0 aliphatic heterocycles. The Labute approximate surface area is 83.4 Å². The molecule has 13 heavy (non-hydrogen) atoms. The second-order valence-electron chi connectivity index (χ2n) is 4.91. The largest absolute Gasteiger partial charge is 0.413 e. The summed E-state index contributed by atoms with van der Waals surface area (Å²) >= 11 is 0. The number of hydrogen-bond donors (Lipinski definition) is 0. The number of Topliss-reactive ketones (excluding diaryl/α,β-unsaturated/α-hetero) is 1. The van der Waals surface area contributed by atoms with E-state index in [0.717, 1.165) is 0 Å². The summed E-state index contributed by atoms with van der Waals surface area (Å²) in [4.78, 5) is 11.6. The zero-order valence-electron chi connectivity index (χ0n) is 9.68. The van der Waals surface area contributed by atoms with Crippen LogP contribution in [0.1, 0.15) is 27.7 Å². The Balaban J connectivity index is 3.98. The van der Waals surface area contributed by atoms with Gasteiger partial charge >= 0.3 is 0 Å². The van der Waals surface area contributed by atoms with E-state index in [2.05, 4.69) is 33.9 Å². The van der Waals surface area contributed by atoms with Gasteiger partial charge < -0.3 is 4.43 Å². The molecule has 3 heteroatoms. The maximum absolute atomic E-state index is 11.6. The lowest BCUT2D eigenvalue weighted by atomic mass is 9.80. The van der Waals surface area contributed by atoms with Crippen LogP contribution in [0.5, 0.6) is 0 Å². The maximum atomic E-state index is 11.6. The lowest BCUT2D eigenvalue weighted by Crippen LogP contribution is -2.30. The van der Waals surface area contributed by atoms with Crippen molar-refractivity contribution in [2.75, 3.05) is 6.61 Å². The quantitative estimate of drug-likeness (QED) is 0.654. The van der Waals surface area contributed by atoms with E-state index in [0.29, 0.717) is 6.61 Å². The first-order valence-corrected chi connectivity index (χ1v) is 7.67. The Bertz CT molecular complexity index is 170. The molecule has 0 heterocycles. The molecule has 0 saturated heterocycles. The molecule has 0 aliphatic carbocycles. The van der Waals surface area contributed by atoms with Crippen molar-refractivity contribution in [3.8, 4) is 0 Å². The zero-order valence-corrected chi connectivity index (χ0v) is 10.8. The number of rotatable bonds is 4. The standard InChI is InChI=1S/C10H22O2Si/c1-8(10(2,3)4)9(11)7-12-13(5)6/h8,13H,7H2,1-6H3. The summed E-state index contributed by atoms with van der Waals surface area (Å²) in [5.41, 5.74) is 0.0545. The van der Waals surface area contributed by atoms with E-state index in [-0.39, 0.29) is 17.1 Å². The van der Waals surface area contributed by atoms with Crippen LogP contribution >= 0.6 is 0 Å². The second kappa shape index (κ2) is 4.91. The van der Waals surface area contributed by atoms with Crippen LogP contribution in [0.2, 0.25) is 13.1 Å². The Morgan fingerprint density at radius 2 is 1.85 bits per heavy atom. The van der Waals surface area contributed by atoms with Crippen LogP contribution in [-0.4, -0.2) is 21.4 Å². The molecular weight excluding hydrogens is 180 g/mol. The van der Waals surface area contributed by atoms with Gasteiger partial charge in [0.15, 0.2) is 14.8 Å². The van der Waals surface area contributed by atoms with Gasteiger partial charge in [-0.2, -0.15) is 0 Å². The number of ketones is 1. The summed E-state index contributed by atoms with van der Waals surface area (Å²) in [6.45, 7) is 12.7. The van der Waals surface area contributed by atoms with Gasteiger partial charge in [-0.05, 0) is 18.5 Å². The Morgan fingerprint density at radius 1 is 1.38 bits per heavy atom. The summed E-state index contributed by atoms with van der Waals surface area (Å²) in [5, 5.41) is 0. The molecule has 0 rings (SSSR count). The molecule has 0 saturated carbocycles. The molecule has 0 aliphatic rings. The Kier molecular flexibility index (Phi) is 4.85. The third-order valence-electron chi connectivity index (χ3n) is 2.34. The predicted octanol–water partition coefficient (Wildman–Crippen LogP) is 2.24. The van der Waals surface area contributed by atoms with Crippen molar-refractivity contribution in [1.29, 1.82) is 0 Å². The van der Waals surface area contributed by atoms with E-state index < -0.39 is 9.04 Å². The minimum atomic E-state index is -1.04. The highest BCUT2D eigenvalue weighted by Gasteiger charge is 2.26. The van der Waals surface area contributed by atoms with Crippen LogP contribution in [0.25, 0.3) is 0 Å². The number of hydrogen-bond acceptors (Lipinski definition) is 2. The van der Waals surface area contributed by atoms with Crippen molar-refractivity contribution in [3.63, 3.8) is 0 Å². The molecule has 2 nitrogen and oxygen atoms in total. The molecule has 0 spiro atoms. The summed E-state index contributed by atoms with van der Waals surface area (Å²) in [5.74, 6) is 0.314. The highest BCUT2D eigenvalue weighted by molar-refractivity contribution is 6.48. The number of carbonyl (C=O) groups excluding carboxylic acids is 1. The highest BCUT2D eigenvalue weighted by Crippen LogP contribution is 2.25. The average Bonchev–Trinajstić information content (AvgIpc) is 1.96. The Morgan fingerprint density at radius 3 is 2.15 bits per heavy atom. The predicted molar refractivity (Wildman–Crippen MR) is 58.5 cm³/mol. The van der Waals surface area contributed by atoms with Gasteiger partial charge in [-0.3, -0.25) is 4.79 Å². The van der Waals surface area contributed by atoms with Gasteiger partial charge in [-0.1, -0.05) is 27.7 Å². The van der Waals surface area contributed by atoms with E-state index in [1.54, 1.807) is 0 Å². The minimum absolute atomic E-state index is 0.0545. The van der Waals surface area contributed by atoms with E-state index >= 15 is 0 Å². The molecule has 0 fully saturated rings. The van der Waals surface area contributed by atoms with Gasteiger partial charge in [-0.25, -0.2) is 0 Å². The lowest BCUT2D eigenvalue weighted by Gasteiger charge is -2.26. The fourth-order valence-electron chi connectivity index (χ4n) is 0.857. The normalized spacial score (nSPS) is 14.7. The molecular formula is C10H22O2Si. The first kappa shape index (κ1) is 12.8. The molecule has 0 N–H and O–H groups in total. The second-order valence-corrected chi connectivity index (χ2v) is 7.34. The van der Waals surface area contributed by atoms with Crippen molar-refractivity contribution < 1.29 is 9.22 Å². The summed E-state index contributed by atoms with van der Waals surface area (Å²) < 4.78 is 5.41. The smallest absolute Gasteiger partial charge is 0.171 e. The monoisotopic (exact) mass is 202 g/mol. The van der Waals surface area contributed by atoms with Crippen molar-refractivity contribution in [2.45, 2.75) is 40.8 Å². The van der Waals surface area contributed by atoms with Gasteiger partial charge in [0.25, 0.3) is 0 Å². The topological polar surface area (TPSA) is 26.3 Å². The van der Waals surface area contributed by atoms with Crippen LogP contribution in [0.4, 0.5) is 0 Å². The molecule has 0 aromatic carbocycles. The molecule has 0 aromatic rings. The van der Waals surface area contributed by atoms with Gasteiger partial charge in [0.2, 0.25) is 0 Å². The zero-order chi connectivity index (χ0) is 10.6. The summed E-state index contributed by atoms with van der Waals surface area (Å²) in [7, 11) is -1.04. The van der Waals surface area contributed by atoms with Crippen molar-refractivity contribution >= 4 is 14.8 Å². The molecule has 1 atom stereocenters. The van der Waals surface area contributed by atoms with Crippen LogP contribution in [0.3, 0.4) is 0 Å². The average molecular weight is 202 g/mol. The van der Waals surface area contributed by atoms with Gasteiger partial charge in [0.1, 0.15) is 0 Å². The third kappa shape index (κ3) is 5.21. The summed E-state index contributed by atoms with van der Waals surface area (Å²) in [6, 6.07) is 0.